The van der Waals surface area contributed by atoms with Gasteiger partial charge in [-0.25, -0.2) is 13.5 Å². The summed E-state index contributed by atoms with van der Waals surface area (Å²) in [5.74, 6) is -1.04. The van der Waals surface area contributed by atoms with E-state index in [4.69, 9.17) is 0 Å². The van der Waals surface area contributed by atoms with Gasteiger partial charge >= 0.3 is 0 Å². The fourth-order valence-electron chi connectivity index (χ4n) is 3.60. The lowest BCUT2D eigenvalue weighted by Gasteiger charge is -2.24. The zero-order chi connectivity index (χ0) is 19.5. The number of halogens is 3. The SMILES string of the molecule is Cl.O=C(Nc1cccc(F)c1)c1cnn(-c2cccc(F)c2)c1C1CCNCC1. The highest BCUT2D eigenvalue weighted by atomic mass is 35.5. The zero-order valence-corrected chi connectivity index (χ0v) is 16.4. The number of benzene rings is 2. The Balaban J connectivity index is 0.00000240. The highest BCUT2D eigenvalue weighted by Gasteiger charge is 2.27. The second-order valence-corrected chi connectivity index (χ2v) is 6.82. The Labute approximate surface area is 173 Å². The molecule has 0 atom stereocenters. The summed E-state index contributed by atoms with van der Waals surface area (Å²) in [5, 5.41) is 10.4. The van der Waals surface area contributed by atoms with Crippen LogP contribution in [0.15, 0.2) is 54.7 Å². The van der Waals surface area contributed by atoms with E-state index in [1.807, 2.05) is 0 Å². The first kappa shape index (κ1) is 21.0. The zero-order valence-electron chi connectivity index (χ0n) is 15.6. The number of piperidine rings is 1. The van der Waals surface area contributed by atoms with Crippen molar-refractivity contribution in [1.29, 1.82) is 0 Å². The van der Waals surface area contributed by atoms with Crippen molar-refractivity contribution in [2.75, 3.05) is 18.4 Å². The second-order valence-electron chi connectivity index (χ2n) is 6.82. The maximum atomic E-state index is 13.8. The maximum Gasteiger partial charge on any atom is 0.259 e. The van der Waals surface area contributed by atoms with Crippen LogP contribution in [0.2, 0.25) is 0 Å². The molecule has 1 amide bonds. The Morgan fingerprint density at radius 3 is 2.45 bits per heavy atom. The first-order chi connectivity index (χ1) is 13.6. The number of nitrogens with zero attached hydrogens (tertiary/aromatic N) is 2. The van der Waals surface area contributed by atoms with Gasteiger partial charge in [-0.05, 0) is 62.3 Å². The molecule has 1 aliphatic rings. The summed E-state index contributed by atoms with van der Waals surface area (Å²) in [4.78, 5) is 12.9. The largest absolute Gasteiger partial charge is 0.322 e. The van der Waals surface area contributed by atoms with Crippen LogP contribution in [0.4, 0.5) is 14.5 Å². The molecule has 2 N–H and O–H groups in total. The molecular weight excluding hydrogens is 398 g/mol. The van der Waals surface area contributed by atoms with Crippen molar-refractivity contribution in [1.82, 2.24) is 15.1 Å². The molecule has 152 valence electrons. The van der Waals surface area contributed by atoms with Gasteiger partial charge in [0.2, 0.25) is 0 Å². The molecule has 4 rings (SSSR count). The molecule has 0 aliphatic carbocycles. The van der Waals surface area contributed by atoms with E-state index in [0.29, 0.717) is 16.9 Å². The van der Waals surface area contributed by atoms with Crippen LogP contribution in [0, 0.1) is 11.6 Å². The van der Waals surface area contributed by atoms with Gasteiger partial charge in [-0.1, -0.05) is 12.1 Å². The summed E-state index contributed by atoms with van der Waals surface area (Å²) in [6, 6.07) is 11.9. The minimum absolute atomic E-state index is 0. The quantitative estimate of drug-likeness (QED) is 0.664. The third-order valence-electron chi connectivity index (χ3n) is 4.91. The Hall–Kier alpha value is -2.77. The smallest absolute Gasteiger partial charge is 0.259 e. The molecule has 2 heterocycles. The summed E-state index contributed by atoms with van der Waals surface area (Å²) in [5.41, 5.74) is 2.11. The highest BCUT2D eigenvalue weighted by molar-refractivity contribution is 6.05. The Bertz CT molecular complexity index is 1000. The lowest BCUT2D eigenvalue weighted by Crippen LogP contribution is -2.29. The summed E-state index contributed by atoms with van der Waals surface area (Å²) in [7, 11) is 0. The summed E-state index contributed by atoms with van der Waals surface area (Å²) >= 11 is 0. The van der Waals surface area contributed by atoms with E-state index in [-0.39, 0.29) is 30.0 Å². The molecule has 0 radical (unpaired) electrons. The topological polar surface area (TPSA) is 59.0 Å². The first-order valence-electron chi connectivity index (χ1n) is 9.23. The van der Waals surface area contributed by atoms with Gasteiger partial charge in [-0.3, -0.25) is 4.79 Å². The van der Waals surface area contributed by atoms with Crippen LogP contribution in [0.5, 0.6) is 0 Å². The van der Waals surface area contributed by atoms with Crippen LogP contribution in [-0.2, 0) is 0 Å². The van der Waals surface area contributed by atoms with Crippen molar-refractivity contribution in [2.45, 2.75) is 18.8 Å². The molecule has 29 heavy (non-hydrogen) atoms. The van der Waals surface area contributed by atoms with Gasteiger partial charge in [-0.15, -0.1) is 12.4 Å². The number of aromatic nitrogens is 2. The van der Waals surface area contributed by atoms with Crippen LogP contribution in [0.1, 0.15) is 34.8 Å². The molecule has 1 fully saturated rings. The van der Waals surface area contributed by atoms with Gasteiger partial charge < -0.3 is 10.6 Å². The van der Waals surface area contributed by atoms with Gasteiger partial charge in [0, 0.05) is 11.6 Å². The molecule has 0 unspecified atom stereocenters. The fourth-order valence-corrected chi connectivity index (χ4v) is 3.60. The monoisotopic (exact) mass is 418 g/mol. The predicted octanol–water partition coefficient (Wildman–Crippen LogP) is 4.29. The molecule has 0 bridgehead atoms. The molecule has 3 aromatic rings. The standard InChI is InChI=1S/C21H20F2N4O.ClH/c22-15-3-1-5-17(11-15)26-21(28)19-13-25-27(18-6-2-4-16(23)12-18)20(19)14-7-9-24-10-8-14;/h1-6,11-14,24H,7-10H2,(H,26,28);1H. The van der Waals surface area contributed by atoms with Crippen LogP contribution in [0.3, 0.4) is 0 Å². The van der Waals surface area contributed by atoms with E-state index in [1.54, 1.807) is 22.9 Å². The number of anilines is 1. The Morgan fingerprint density at radius 1 is 1.07 bits per heavy atom. The van der Waals surface area contributed by atoms with Gasteiger partial charge in [0.25, 0.3) is 5.91 Å². The van der Waals surface area contributed by atoms with Crippen LogP contribution < -0.4 is 10.6 Å². The third-order valence-corrected chi connectivity index (χ3v) is 4.91. The molecule has 2 aromatic carbocycles. The van der Waals surface area contributed by atoms with Crippen molar-refractivity contribution in [3.63, 3.8) is 0 Å². The predicted molar refractivity (Wildman–Crippen MR) is 110 cm³/mol. The molecule has 1 aromatic heterocycles. The Morgan fingerprint density at radius 2 is 1.76 bits per heavy atom. The lowest BCUT2D eigenvalue weighted by molar-refractivity contribution is 0.102. The highest BCUT2D eigenvalue weighted by Crippen LogP contribution is 2.31. The number of amides is 1. The van der Waals surface area contributed by atoms with Crippen molar-refractivity contribution in [3.8, 4) is 5.69 Å². The van der Waals surface area contributed by atoms with E-state index in [2.05, 4.69) is 15.7 Å². The molecule has 8 heteroatoms. The van der Waals surface area contributed by atoms with E-state index in [9.17, 15) is 13.6 Å². The maximum absolute atomic E-state index is 13.8. The molecular formula is C21H21ClF2N4O. The van der Waals surface area contributed by atoms with E-state index in [0.717, 1.165) is 31.6 Å². The van der Waals surface area contributed by atoms with E-state index >= 15 is 0 Å². The summed E-state index contributed by atoms with van der Waals surface area (Å²) in [6.07, 6.45) is 3.19. The molecule has 5 nitrogen and oxygen atoms in total. The Kier molecular flexibility index (Phi) is 6.61. The van der Waals surface area contributed by atoms with Gasteiger partial charge in [0.1, 0.15) is 11.6 Å². The molecule has 1 saturated heterocycles. The fraction of sp³-hybridized carbons (Fsp3) is 0.238. The van der Waals surface area contributed by atoms with Gasteiger partial charge in [0.15, 0.2) is 0 Å². The van der Waals surface area contributed by atoms with Gasteiger partial charge in [0.05, 0.1) is 23.1 Å². The summed E-state index contributed by atoms with van der Waals surface area (Å²) in [6.45, 7) is 1.67. The van der Waals surface area contributed by atoms with Gasteiger partial charge in [-0.2, -0.15) is 5.10 Å². The minimum Gasteiger partial charge on any atom is -0.322 e. The second kappa shape index (κ2) is 9.15. The number of carbonyl (C=O) groups is 1. The van der Waals surface area contributed by atoms with Crippen molar-refractivity contribution < 1.29 is 13.6 Å². The number of carbonyl (C=O) groups excluding carboxylic acids is 1. The van der Waals surface area contributed by atoms with Crippen LogP contribution >= 0.6 is 12.4 Å². The van der Waals surface area contributed by atoms with E-state index in [1.165, 1.54) is 36.5 Å². The average molecular weight is 419 g/mol. The summed E-state index contributed by atoms with van der Waals surface area (Å²) < 4.78 is 28.8. The normalized spacial score (nSPS) is 14.3. The number of nitrogens with one attached hydrogen (secondary N) is 2. The van der Waals surface area contributed by atoms with Crippen molar-refractivity contribution >= 4 is 24.0 Å². The number of hydrogen-bond donors (Lipinski definition) is 2. The van der Waals surface area contributed by atoms with Crippen molar-refractivity contribution in [3.05, 3.63) is 77.6 Å². The van der Waals surface area contributed by atoms with Crippen LogP contribution in [-0.4, -0.2) is 28.8 Å². The molecule has 0 saturated carbocycles. The number of rotatable bonds is 4. The molecule has 0 spiro atoms. The average Bonchev–Trinajstić information content (AvgIpc) is 3.14. The molecule has 1 aliphatic heterocycles. The minimum atomic E-state index is -0.424. The third kappa shape index (κ3) is 4.63. The van der Waals surface area contributed by atoms with Crippen molar-refractivity contribution in [2.24, 2.45) is 0 Å². The number of hydrogen-bond acceptors (Lipinski definition) is 3. The van der Waals surface area contributed by atoms with E-state index < -0.39 is 5.82 Å². The first-order valence-corrected chi connectivity index (χ1v) is 9.23. The lowest BCUT2D eigenvalue weighted by atomic mass is 9.91. The van der Waals surface area contributed by atoms with Crippen LogP contribution in [0.25, 0.3) is 5.69 Å².